The summed E-state index contributed by atoms with van der Waals surface area (Å²) in [5.74, 6) is -2.10. The fraction of sp³-hybridized carbons (Fsp3) is 0.133. The minimum atomic E-state index is -1.11. The van der Waals surface area contributed by atoms with Crippen molar-refractivity contribution in [3.05, 3.63) is 74.8 Å². The molecule has 0 aliphatic carbocycles. The predicted molar refractivity (Wildman–Crippen MR) is 78.6 cm³/mol. The van der Waals surface area contributed by atoms with Gasteiger partial charge in [0.15, 0.2) is 0 Å². The molecule has 6 heteroatoms. The summed E-state index contributed by atoms with van der Waals surface area (Å²) >= 11 is 5.88. The van der Waals surface area contributed by atoms with Gasteiger partial charge in [-0.1, -0.05) is 41.9 Å². The highest BCUT2D eigenvalue weighted by atomic mass is 35.5. The first kappa shape index (κ1) is 15.0. The Kier molecular flexibility index (Phi) is 4.55. The van der Waals surface area contributed by atoms with Crippen LogP contribution in [0, 0.1) is 10.1 Å². The lowest BCUT2D eigenvalue weighted by atomic mass is 9.91. The second kappa shape index (κ2) is 6.37. The first-order valence-corrected chi connectivity index (χ1v) is 6.57. The molecule has 1 N–H and O–H groups in total. The van der Waals surface area contributed by atoms with Gasteiger partial charge in [0, 0.05) is 16.7 Å². The molecule has 0 saturated carbocycles. The Morgan fingerprint density at radius 3 is 2.57 bits per heavy atom. The number of rotatable bonds is 5. The van der Waals surface area contributed by atoms with E-state index in [1.807, 2.05) is 0 Å². The molecule has 1 unspecified atom stereocenters. The number of aliphatic carboxylic acids is 1. The van der Waals surface area contributed by atoms with Crippen molar-refractivity contribution in [2.45, 2.75) is 12.3 Å². The van der Waals surface area contributed by atoms with Crippen molar-refractivity contribution in [3.8, 4) is 0 Å². The number of nitrogens with zero attached hydrogens (tertiary/aromatic N) is 1. The van der Waals surface area contributed by atoms with E-state index in [0.29, 0.717) is 10.6 Å². The summed E-state index contributed by atoms with van der Waals surface area (Å²) in [7, 11) is 0. The van der Waals surface area contributed by atoms with Crippen molar-refractivity contribution < 1.29 is 14.8 Å². The van der Waals surface area contributed by atoms with E-state index in [4.69, 9.17) is 11.6 Å². The second-order valence-corrected chi connectivity index (χ2v) is 4.98. The van der Waals surface area contributed by atoms with Crippen LogP contribution in [0.3, 0.4) is 0 Å². The lowest BCUT2D eigenvalue weighted by Crippen LogP contribution is -2.16. The smallest absolute Gasteiger partial charge is 0.311 e. The monoisotopic (exact) mass is 305 g/mol. The average Bonchev–Trinajstić information content (AvgIpc) is 2.44. The minimum absolute atomic E-state index is 0.140. The number of halogens is 1. The lowest BCUT2D eigenvalue weighted by molar-refractivity contribution is -0.385. The van der Waals surface area contributed by atoms with Crippen LogP contribution in [0.1, 0.15) is 17.0 Å². The molecular weight excluding hydrogens is 294 g/mol. The van der Waals surface area contributed by atoms with Crippen LogP contribution in [0.4, 0.5) is 5.69 Å². The number of benzene rings is 2. The van der Waals surface area contributed by atoms with Crippen LogP contribution in [-0.4, -0.2) is 16.0 Å². The molecule has 0 saturated heterocycles. The summed E-state index contributed by atoms with van der Waals surface area (Å²) in [6.45, 7) is 0. The van der Waals surface area contributed by atoms with Crippen molar-refractivity contribution in [3.63, 3.8) is 0 Å². The first-order chi connectivity index (χ1) is 9.99. The van der Waals surface area contributed by atoms with Gasteiger partial charge in [-0.3, -0.25) is 14.9 Å². The molecule has 0 amide bonds. The summed E-state index contributed by atoms with van der Waals surface area (Å²) in [6.07, 6.45) is 0.140. The molecule has 2 aromatic rings. The Hall–Kier alpha value is -2.40. The number of nitro benzene ring substituents is 1. The van der Waals surface area contributed by atoms with E-state index in [1.54, 1.807) is 30.3 Å². The fourth-order valence-corrected chi connectivity index (χ4v) is 2.39. The van der Waals surface area contributed by atoms with Crippen molar-refractivity contribution in [2.24, 2.45) is 0 Å². The predicted octanol–water partition coefficient (Wildman–Crippen LogP) is 3.66. The summed E-state index contributed by atoms with van der Waals surface area (Å²) in [6, 6.07) is 12.7. The summed E-state index contributed by atoms with van der Waals surface area (Å²) in [5.41, 5.74) is 0.718. The molecule has 0 radical (unpaired) electrons. The lowest BCUT2D eigenvalue weighted by Gasteiger charge is -2.13. The van der Waals surface area contributed by atoms with Gasteiger partial charge >= 0.3 is 5.97 Å². The van der Waals surface area contributed by atoms with Crippen LogP contribution >= 0.6 is 11.6 Å². The Morgan fingerprint density at radius 2 is 1.95 bits per heavy atom. The average molecular weight is 306 g/mol. The molecule has 0 aliphatic rings. The van der Waals surface area contributed by atoms with Gasteiger partial charge in [-0.2, -0.15) is 0 Å². The maximum absolute atomic E-state index is 11.5. The Morgan fingerprint density at radius 1 is 1.24 bits per heavy atom. The number of hydrogen-bond acceptors (Lipinski definition) is 3. The van der Waals surface area contributed by atoms with Gasteiger partial charge < -0.3 is 5.11 Å². The summed E-state index contributed by atoms with van der Waals surface area (Å²) < 4.78 is 0. The first-order valence-electron chi connectivity index (χ1n) is 6.19. The number of carbonyl (C=O) groups is 1. The maximum atomic E-state index is 11.5. The molecule has 0 spiro atoms. The van der Waals surface area contributed by atoms with E-state index < -0.39 is 16.8 Å². The topological polar surface area (TPSA) is 80.4 Å². The van der Waals surface area contributed by atoms with Crippen molar-refractivity contribution in [1.82, 2.24) is 0 Å². The van der Waals surface area contributed by atoms with Gasteiger partial charge in [-0.05, 0) is 24.1 Å². The quantitative estimate of drug-likeness (QED) is 0.675. The Bertz CT molecular complexity index is 687. The Balaban J connectivity index is 2.41. The van der Waals surface area contributed by atoms with E-state index >= 15 is 0 Å². The number of carboxylic acids is 1. The molecule has 0 fully saturated rings. The minimum Gasteiger partial charge on any atom is -0.481 e. The third-order valence-corrected chi connectivity index (χ3v) is 3.37. The highest BCUT2D eigenvalue weighted by molar-refractivity contribution is 6.30. The molecule has 108 valence electrons. The zero-order chi connectivity index (χ0) is 15.4. The third-order valence-electron chi connectivity index (χ3n) is 3.14. The molecule has 5 nitrogen and oxygen atoms in total. The zero-order valence-corrected chi connectivity index (χ0v) is 11.7. The number of hydrogen-bond donors (Lipinski definition) is 1. The normalized spacial score (nSPS) is 11.9. The van der Waals surface area contributed by atoms with Gasteiger partial charge in [0.05, 0.1) is 10.8 Å². The van der Waals surface area contributed by atoms with E-state index in [0.717, 1.165) is 0 Å². The molecule has 0 heterocycles. The maximum Gasteiger partial charge on any atom is 0.311 e. The van der Waals surface area contributed by atoms with Gasteiger partial charge in [0.25, 0.3) is 5.69 Å². The van der Waals surface area contributed by atoms with Crippen LogP contribution in [-0.2, 0) is 11.2 Å². The van der Waals surface area contributed by atoms with Crippen LogP contribution < -0.4 is 0 Å². The molecule has 0 aromatic heterocycles. The van der Waals surface area contributed by atoms with Gasteiger partial charge in [0.2, 0.25) is 0 Å². The highest BCUT2D eigenvalue weighted by Crippen LogP contribution is 2.30. The van der Waals surface area contributed by atoms with Crippen molar-refractivity contribution in [1.29, 1.82) is 0 Å². The van der Waals surface area contributed by atoms with Gasteiger partial charge in [-0.25, -0.2) is 0 Å². The molecule has 21 heavy (non-hydrogen) atoms. The van der Waals surface area contributed by atoms with Crippen LogP contribution in [0.25, 0.3) is 0 Å². The molecule has 2 aromatic carbocycles. The molecule has 1 atom stereocenters. The third kappa shape index (κ3) is 3.58. The van der Waals surface area contributed by atoms with Crippen molar-refractivity contribution >= 4 is 23.3 Å². The number of para-hydroxylation sites is 1. The van der Waals surface area contributed by atoms with Crippen molar-refractivity contribution in [2.75, 3.05) is 0 Å². The second-order valence-electron chi connectivity index (χ2n) is 4.54. The summed E-state index contributed by atoms with van der Waals surface area (Å²) in [4.78, 5) is 22.0. The number of carboxylic acid groups (broad SMARTS) is 1. The Labute approximate surface area is 125 Å². The van der Waals surface area contributed by atoms with Crippen LogP contribution in [0.2, 0.25) is 5.02 Å². The SMILES string of the molecule is O=C(O)C(Cc1cccc(Cl)c1)c1ccccc1[N+](=O)[O-]. The molecular formula is C15H12ClNO4. The number of nitro groups is 1. The van der Waals surface area contributed by atoms with E-state index in [1.165, 1.54) is 18.2 Å². The van der Waals surface area contributed by atoms with Crippen LogP contribution in [0.15, 0.2) is 48.5 Å². The van der Waals surface area contributed by atoms with E-state index in [-0.39, 0.29) is 17.7 Å². The molecule has 0 aliphatic heterocycles. The van der Waals surface area contributed by atoms with Crippen LogP contribution in [0.5, 0.6) is 0 Å². The van der Waals surface area contributed by atoms with Gasteiger partial charge in [-0.15, -0.1) is 0 Å². The standard InChI is InChI=1S/C15H12ClNO4/c16-11-5-3-4-10(8-11)9-13(15(18)19)12-6-1-2-7-14(12)17(20)21/h1-8,13H,9H2,(H,18,19). The van der Waals surface area contributed by atoms with E-state index in [2.05, 4.69) is 0 Å². The zero-order valence-electron chi connectivity index (χ0n) is 10.9. The molecule has 0 bridgehead atoms. The molecule has 2 rings (SSSR count). The summed E-state index contributed by atoms with van der Waals surface area (Å²) in [5, 5.41) is 21.0. The van der Waals surface area contributed by atoms with E-state index in [9.17, 15) is 20.0 Å². The fourth-order valence-electron chi connectivity index (χ4n) is 2.18. The largest absolute Gasteiger partial charge is 0.481 e. The highest BCUT2D eigenvalue weighted by Gasteiger charge is 2.27. The van der Waals surface area contributed by atoms with Gasteiger partial charge in [0.1, 0.15) is 0 Å².